The molecule has 92 valence electrons. The molecule has 2 nitrogen and oxygen atoms in total. The second-order valence-electron chi connectivity index (χ2n) is 4.41. The van der Waals surface area contributed by atoms with Gasteiger partial charge >= 0.3 is 0 Å². The van der Waals surface area contributed by atoms with E-state index in [0.29, 0.717) is 6.54 Å². The van der Waals surface area contributed by atoms with E-state index in [0.717, 1.165) is 30.4 Å². The molecule has 1 unspecified atom stereocenters. The summed E-state index contributed by atoms with van der Waals surface area (Å²) in [5.41, 5.74) is 13.5. The molecular weight excluding hydrogens is 208 g/mol. The molecule has 0 saturated heterocycles. The first-order valence-electron chi connectivity index (χ1n) is 6.24. The Hall–Kier alpha value is -1.30. The van der Waals surface area contributed by atoms with Gasteiger partial charge in [-0.25, -0.2) is 0 Å². The highest BCUT2D eigenvalue weighted by Crippen LogP contribution is 2.13. The van der Waals surface area contributed by atoms with Crippen molar-refractivity contribution in [2.45, 2.75) is 45.2 Å². The maximum Gasteiger partial charge on any atom is 0.0777 e. The predicted octanol–water partition coefficient (Wildman–Crippen LogP) is 2.40. The highest BCUT2D eigenvalue weighted by Gasteiger charge is 2.17. The Morgan fingerprint density at radius 3 is 2.29 bits per heavy atom. The van der Waals surface area contributed by atoms with E-state index in [2.05, 4.69) is 25.7 Å². The van der Waals surface area contributed by atoms with Crippen molar-refractivity contribution in [3.05, 3.63) is 35.4 Å². The number of nitrogens with two attached hydrogens (primary N) is 2. The van der Waals surface area contributed by atoms with Crippen molar-refractivity contribution >= 4 is 0 Å². The molecule has 0 spiro atoms. The van der Waals surface area contributed by atoms with Crippen LogP contribution in [0, 0.1) is 11.8 Å². The maximum atomic E-state index is 6.22. The maximum absolute atomic E-state index is 6.22. The van der Waals surface area contributed by atoms with Gasteiger partial charge in [-0.15, -0.1) is 0 Å². The first-order valence-corrected chi connectivity index (χ1v) is 6.24. The third kappa shape index (κ3) is 4.22. The summed E-state index contributed by atoms with van der Waals surface area (Å²) in [6.45, 7) is 4.79. The van der Waals surface area contributed by atoms with Gasteiger partial charge in [-0.3, -0.25) is 0 Å². The van der Waals surface area contributed by atoms with Crippen LogP contribution in [0.3, 0.4) is 0 Å². The van der Waals surface area contributed by atoms with Gasteiger partial charge in [0.15, 0.2) is 0 Å². The number of rotatable bonds is 4. The van der Waals surface area contributed by atoms with E-state index in [-0.39, 0.29) is 5.54 Å². The molecule has 0 aliphatic carbocycles. The quantitative estimate of drug-likeness (QED) is 0.780. The summed E-state index contributed by atoms with van der Waals surface area (Å²) >= 11 is 0. The molecule has 2 heteroatoms. The Morgan fingerprint density at radius 2 is 1.82 bits per heavy atom. The van der Waals surface area contributed by atoms with Crippen LogP contribution in [0.25, 0.3) is 0 Å². The van der Waals surface area contributed by atoms with E-state index in [1.165, 1.54) is 0 Å². The molecule has 0 bridgehead atoms. The standard InChI is InChI=1S/C15H22N2/c1-3-10-15(17,4-2)11-9-13-5-7-14(12-16)8-6-13/h5-8H,3-4,10,12,16-17H2,1-2H3. The van der Waals surface area contributed by atoms with Crippen LogP contribution in [0.2, 0.25) is 0 Å². The zero-order chi connectivity index (χ0) is 12.7. The molecule has 0 aromatic heterocycles. The third-order valence-corrected chi connectivity index (χ3v) is 2.97. The number of hydrogen-bond acceptors (Lipinski definition) is 2. The summed E-state index contributed by atoms with van der Waals surface area (Å²) < 4.78 is 0. The molecule has 0 saturated carbocycles. The Balaban J connectivity index is 2.81. The van der Waals surface area contributed by atoms with E-state index in [1.54, 1.807) is 0 Å². The van der Waals surface area contributed by atoms with E-state index < -0.39 is 0 Å². The van der Waals surface area contributed by atoms with Gasteiger partial charge in [0.1, 0.15) is 0 Å². The molecule has 1 atom stereocenters. The molecule has 0 aliphatic rings. The van der Waals surface area contributed by atoms with Crippen molar-refractivity contribution in [2.24, 2.45) is 11.5 Å². The molecule has 0 amide bonds. The predicted molar refractivity (Wildman–Crippen MR) is 73.3 cm³/mol. The van der Waals surface area contributed by atoms with Crippen LogP contribution in [0.4, 0.5) is 0 Å². The lowest BCUT2D eigenvalue weighted by Crippen LogP contribution is -2.37. The summed E-state index contributed by atoms with van der Waals surface area (Å²) in [6, 6.07) is 8.01. The van der Waals surface area contributed by atoms with Crippen molar-refractivity contribution in [3.63, 3.8) is 0 Å². The molecule has 1 rings (SSSR count). The van der Waals surface area contributed by atoms with E-state index in [4.69, 9.17) is 11.5 Å². The minimum Gasteiger partial charge on any atom is -0.326 e. The molecule has 0 aliphatic heterocycles. The van der Waals surface area contributed by atoms with Crippen LogP contribution in [0.5, 0.6) is 0 Å². The molecule has 1 aromatic rings. The Bertz CT molecular complexity index is 397. The zero-order valence-corrected chi connectivity index (χ0v) is 10.8. The average molecular weight is 230 g/mol. The average Bonchev–Trinajstić information content (AvgIpc) is 2.37. The first kappa shape index (κ1) is 13.8. The topological polar surface area (TPSA) is 52.0 Å². The minimum atomic E-state index is -0.346. The van der Waals surface area contributed by atoms with Gasteiger partial charge in [0.25, 0.3) is 0 Å². The van der Waals surface area contributed by atoms with Crippen LogP contribution >= 0.6 is 0 Å². The number of benzene rings is 1. The second kappa shape index (κ2) is 6.44. The lowest BCUT2D eigenvalue weighted by molar-refractivity contribution is 0.482. The van der Waals surface area contributed by atoms with Gasteiger partial charge in [-0.2, -0.15) is 0 Å². The summed E-state index contributed by atoms with van der Waals surface area (Å²) in [6.07, 6.45) is 2.89. The van der Waals surface area contributed by atoms with E-state index in [1.807, 2.05) is 24.3 Å². The SMILES string of the molecule is CCCC(N)(C#Cc1ccc(CN)cc1)CC. The van der Waals surface area contributed by atoms with Crippen molar-refractivity contribution in [1.82, 2.24) is 0 Å². The zero-order valence-electron chi connectivity index (χ0n) is 10.8. The minimum absolute atomic E-state index is 0.346. The molecule has 0 fully saturated rings. The van der Waals surface area contributed by atoms with E-state index in [9.17, 15) is 0 Å². The van der Waals surface area contributed by atoms with Gasteiger partial charge in [-0.1, -0.05) is 44.2 Å². The van der Waals surface area contributed by atoms with Gasteiger partial charge in [0.05, 0.1) is 5.54 Å². The normalized spacial score (nSPS) is 13.6. The van der Waals surface area contributed by atoms with Crippen molar-refractivity contribution < 1.29 is 0 Å². The van der Waals surface area contributed by atoms with Gasteiger partial charge < -0.3 is 11.5 Å². The lowest BCUT2D eigenvalue weighted by Gasteiger charge is -2.20. The Kier molecular flexibility index (Phi) is 5.21. The van der Waals surface area contributed by atoms with Crippen molar-refractivity contribution in [1.29, 1.82) is 0 Å². The van der Waals surface area contributed by atoms with Crippen molar-refractivity contribution in [2.75, 3.05) is 0 Å². The largest absolute Gasteiger partial charge is 0.326 e. The van der Waals surface area contributed by atoms with E-state index >= 15 is 0 Å². The number of hydrogen-bond donors (Lipinski definition) is 2. The molecule has 4 N–H and O–H groups in total. The fourth-order valence-corrected chi connectivity index (χ4v) is 1.69. The monoisotopic (exact) mass is 230 g/mol. The summed E-state index contributed by atoms with van der Waals surface area (Å²) in [5, 5.41) is 0. The second-order valence-corrected chi connectivity index (χ2v) is 4.41. The summed E-state index contributed by atoms with van der Waals surface area (Å²) in [7, 11) is 0. The fourth-order valence-electron chi connectivity index (χ4n) is 1.69. The van der Waals surface area contributed by atoms with Crippen molar-refractivity contribution in [3.8, 4) is 11.8 Å². The molecule has 17 heavy (non-hydrogen) atoms. The Labute approximate surface area is 104 Å². The summed E-state index contributed by atoms with van der Waals surface area (Å²) in [4.78, 5) is 0. The lowest BCUT2D eigenvalue weighted by atomic mass is 9.92. The smallest absolute Gasteiger partial charge is 0.0777 e. The molecule has 0 heterocycles. The third-order valence-electron chi connectivity index (χ3n) is 2.97. The van der Waals surface area contributed by atoms with Crippen LogP contribution in [0.15, 0.2) is 24.3 Å². The summed E-state index contributed by atoms with van der Waals surface area (Å²) in [5.74, 6) is 6.35. The Morgan fingerprint density at radius 1 is 1.18 bits per heavy atom. The molecule has 1 aromatic carbocycles. The van der Waals surface area contributed by atoms with Gasteiger partial charge in [0, 0.05) is 12.1 Å². The highest BCUT2D eigenvalue weighted by molar-refractivity contribution is 5.38. The molecule has 0 radical (unpaired) electrons. The van der Waals surface area contributed by atoms with Gasteiger partial charge in [-0.05, 0) is 30.5 Å². The first-order chi connectivity index (χ1) is 8.13. The molecular formula is C15H22N2. The van der Waals surface area contributed by atoms with Crippen LogP contribution < -0.4 is 11.5 Å². The van der Waals surface area contributed by atoms with Gasteiger partial charge in [0.2, 0.25) is 0 Å². The highest BCUT2D eigenvalue weighted by atomic mass is 14.7. The van der Waals surface area contributed by atoms with Crippen LogP contribution in [0.1, 0.15) is 44.2 Å². The van der Waals surface area contributed by atoms with Crippen LogP contribution in [-0.2, 0) is 6.54 Å². The van der Waals surface area contributed by atoms with Crippen LogP contribution in [-0.4, -0.2) is 5.54 Å². The fraction of sp³-hybridized carbons (Fsp3) is 0.467.